The number of ether oxygens (including phenoxy) is 1. The van der Waals surface area contributed by atoms with Gasteiger partial charge in [0.1, 0.15) is 11.6 Å². The quantitative estimate of drug-likeness (QED) is 0.564. The van der Waals surface area contributed by atoms with Gasteiger partial charge in [0.2, 0.25) is 0 Å². The van der Waals surface area contributed by atoms with Gasteiger partial charge in [-0.1, -0.05) is 32.9 Å². The van der Waals surface area contributed by atoms with Gasteiger partial charge in [-0.3, -0.25) is 9.69 Å². The molecule has 0 saturated heterocycles. The number of nitrogens with zero attached hydrogens (tertiary/aromatic N) is 3. The monoisotopic (exact) mass is 391 g/mol. The van der Waals surface area contributed by atoms with E-state index in [1.165, 1.54) is 17.6 Å². The predicted octanol–water partition coefficient (Wildman–Crippen LogP) is 4.63. The molecule has 0 bridgehead atoms. The second kappa shape index (κ2) is 8.07. The molecule has 1 aromatic carbocycles. The fraction of sp³-hybridized carbons (Fsp3) is 0.458. The summed E-state index contributed by atoms with van der Waals surface area (Å²) in [6, 6.07) is 8.02. The summed E-state index contributed by atoms with van der Waals surface area (Å²) >= 11 is 0. The van der Waals surface area contributed by atoms with Crippen LogP contribution < -0.4 is 4.74 Å². The number of esters is 1. The van der Waals surface area contributed by atoms with Crippen molar-refractivity contribution in [2.75, 3.05) is 6.54 Å². The van der Waals surface area contributed by atoms with Crippen molar-refractivity contribution in [3.05, 3.63) is 59.7 Å². The molecule has 4 rings (SSSR count). The Morgan fingerprint density at radius 1 is 1.17 bits per heavy atom. The lowest BCUT2D eigenvalue weighted by atomic mass is 9.72. The second-order valence-corrected chi connectivity index (χ2v) is 9.17. The standard InChI is InChI=1S/C24H29N3O2/c1-24(2,3)20-8-5-17(6-9-20)18-7-10-21-19(13-18)14-27(16-23(28)29-21)15-22-25-11-4-12-26-22/h4-5,7,10-13,20H,6,8-9,14-16H2,1-3H3. The van der Waals surface area contributed by atoms with Gasteiger partial charge >= 0.3 is 5.97 Å². The van der Waals surface area contributed by atoms with E-state index in [-0.39, 0.29) is 12.5 Å². The zero-order chi connectivity index (χ0) is 20.4. The maximum atomic E-state index is 12.2. The number of rotatable bonds is 3. The average molecular weight is 392 g/mol. The normalized spacial score (nSPS) is 20.4. The van der Waals surface area contributed by atoms with Crippen molar-refractivity contribution in [1.82, 2.24) is 14.9 Å². The molecular weight excluding hydrogens is 362 g/mol. The van der Waals surface area contributed by atoms with Crippen molar-refractivity contribution in [2.45, 2.75) is 53.1 Å². The minimum Gasteiger partial charge on any atom is -0.425 e. The summed E-state index contributed by atoms with van der Waals surface area (Å²) in [7, 11) is 0. The molecule has 5 nitrogen and oxygen atoms in total. The number of allylic oxidation sites excluding steroid dienone is 2. The highest BCUT2D eigenvalue weighted by Crippen LogP contribution is 2.40. The number of hydrogen-bond acceptors (Lipinski definition) is 5. The van der Waals surface area contributed by atoms with Gasteiger partial charge in [0.25, 0.3) is 0 Å². The zero-order valence-corrected chi connectivity index (χ0v) is 17.5. The van der Waals surface area contributed by atoms with Crippen LogP contribution in [-0.2, 0) is 17.9 Å². The van der Waals surface area contributed by atoms with E-state index in [0.717, 1.165) is 24.3 Å². The van der Waals surface area contributed by atoms with Crippen molar-refractivity contribution < 1.29 is 9.53 Å². The van der Waals surface area contributed by atoms with Crippen LogP contribution in [0.25, 0.3) is 5.57 Å². The van der Waals surface area contributed by atoms with Gasteiger partial charge in [-0.25, -0.2) is 9.97 Å². The molecular formula is C24H29N3O2. The SMILES string of the molecule is CC(C)(C)C1CC=C(c2ccc3c(c2)CN(Cc2ncccn2)CC(=O)O3)CC1. The van der Waals surface area contributed by atoms with Crippen LogP contribution in [0.1, 0.15) is 57.0 Å². The van der Waals surface area contributed by atoms with Crippen LogP contribution in [0.15, 0.2) is 42.7 Å². The smallest absolute Gasteiger partial charge is 0.325 e. The Labute approximate surface area is 172 Å². The molecule has 0 radical (unpaired) electrons. The van der Waals surface area contributed by atoms with Crippen LogP contribution in [0, 0.1) is 11.3 Å². The molecule has 29 heavy (non-hydrogen) atoms. The minimum atomic E-state index is -0.239. The van der Waals surface area contributed by atoms with E-state index in [1.54, 1.807) is 18.5 Å². The van der Waals surface area contributed by atoms with E-state index < -0.39 is 0 Å². The van der Waals surface area contributed by atoms with E-state index in [2.05, 4.69) is 48.9 Å². The first kappa shape index (κ1) is 19.8. The van der Waals surface area contributed by atoms with Crippen LogP contribution in [-0.4, -0.2) is 27.4 Å². The zero-order valence-electron chi connectivity index (χ0n) is 17.5. The van der Waals surface area contributed by atoms with Gasteiger partial charge < -0.3 is 4.74 Å². The average Bonchev–Trinajstić information content (AvgIpc) is 2.85. The van der Waals surface area contributed by atoms with Gasteiger partial charge in [0.05, 0.1) is 13.1 Å². The first-order chi connectivity index (χ1) is 13.9. The van der Waals surface area contributed by atoms with Gasteiger partial charge in [0.15, 0.2) is 0 Å². The molecule has 1 aromatic heterocycles. The van der Waals surface area contributed by atoms with Crippen molar-refractivity contribution in [2.24, 2.45) is 11.3 Å². The van der Waals surface area contributed by atoms with Crippen molar-refractivity contribution in [1.29, 1.82) is 0 Å². The van der Waals surface area contributed by atoms with Crippen LogP contribution >= 0.6 is 0 Å². The van der Waals surface area contributed by atoms with Gasteiger partial charge in [-0.15, -0.1) is 0 Å². The number of aromatic nitrogens is 2. The maximum Gasteiger partial charge on any atom is 0.325 e. The van der Waals surface area contributed by atoms with E-state index in [4.69, 9.17) is 4.74 Å². The van der Waals surface area contributed by atoms with Gasteiger partial charge in [0, 0.05) is 24.5 Å². The molecule has 152 valence electrons. The highest BCUT2D eigenvalue weighted by molar-refractivity contribution is 5.76. The Morgan fingerprint density at radius 3 is 2.66 bits per heavy atom. The predicted molar refractivity (Wildman–Crippen MR) is 113 cm³/mol. The molecule has 1 aliphatic carbocycles. The van der Waals surface area contributed by atoms with Crippen LogP contribution in [0.3, 0.4) is 0 Å². The lowest BCUT2D eigenvalue weighted by Gasteiger charge is -2.33. The summed E-state index contributed by atoms with van der Waals surface area (Å²) in [5.74, 6) is 1.87. The molecule has 0 saturated carbocycles. The second-order valence-electron chi connectivity index (χ2n) is 9.17. The first-order valence-corrected chi connectivity index (χ1v) is 10.4. The van der Waals surface area contributed by atoms with Crippen LogP contribution in [0.5, 0.6) is 5.75 Å². The number of hydrogen-bond donors (Lipinski definition) is 0. The van der Waals surface area contributed by atoms with Crippen LogP contribution in [0.4, 0.5) is 0 Å². The fourth-order valence-corrected chi connectivity index (χ4v) is 4.24. The number of carbonyl (C=O) groups excluding carboxylic acids is 1. The Morgan fingerprint density at radius 2 is 1.97 bits per heavy atom. The Balaban J connectivity index is 1.55. The third-order valence-electron chi connectivity index (χ3n) is 6.02. The van der Waals surface area contributed by atoms with E-state index >= 15 is 0 Å². The van der Waals surface area contributed by atoms with Gasteiger partial charge in [-0.2, -0.15) is 0 Å². The Hall–Kier alpha value is -2.53. The molecule has 1 atom stereocenters. The van der Waals surface area contributed by atoms with Crippen LogP contribution in [0.2, 0.25) is 0 Å². The molecule has 0 amide bonds. The molecule has 0 N–H and O–H groups in total. The molecule has 0 spiro atoms. The topological polar surface area (TPSA) is 55.3 Å². The highest BCUT2D eigenvalue weighted by Gasteiger charge is 2.27. The molecule has 2 heterocycles. The number of carbonyl (C=O) groups is 1. The summed E-state index contributed by atoms with van der Waals surface area (Å²) < 4.78 is 5.59. The van der Waals surface area contributed by atoms with E-state index in [0.29, 0.717) is 30.1 Å². The third kappa shape index (κ3) is 4.73. The molecule has 1 aliphatic heterocycles. The van der Waals surface area contributed by atoms with Crippen molar-refractivity contribution in [3.63, 3.8) is 0 Å². The largest absolute Gasteiger partial charge is 0.425 e. The summed E-state index contributed by atoms with van der Waals surface area (Å²) in [5, 5.41) is 0. The fourth-order valence-electron chi connectivity index (χ4n) is 4.24. The number of fused-ring (bicyclic) bond motifs is 1. The highest BCUT2D eigenvalue weighted by atomic mass is 16.5. The van der Waals surface area contributed by atoms with Gasteiger partial charge in [-0.05, 0) is 59.9 Å². The molecule has 5 heteroatoms. The molecule has 2 aromatic rings. The maximum absolute atomic E-state index is 12.2. The summed E-state index contributed by atoms with van der Waals surface area (Å²) in [6.45, 7) is 8.40. The third-order valence-corrected chi connectivity index (χ3v) is 6.02. The minimum absolute atomic E-state index is 0.234. The summed E-state index contributed by atoms with van der Waals surface area (Å²) in [5.41, 5.74) is 4.04. The summed E-state index contributed by atoms with van der Waals surface area (Å²) in [4.78, 5) is 22.9. The van der Waals surface area contributed by atoms with E-state index in [9.17, 15) is 4.79 Å². The number of benzene rings is 1. The van der Waals surface area contributed by atoms with E-state index in [1.807, 2.05) is 11.0 Å². The molecule has 2 aliphatic rings. The lowest BCUT2D eigenvalue weighted by molar-refractivity contribution is -0.135. The first-order valence-electron chi connectivity index (χ1n) is 10.4. The lowest BCUT2D eigenvalue weighted by Crippen LogP contribution is -2.29. The Bertz CT molecular complexity index is 915. The molecule has 1 unspecified atom stereocenters. The molecule has 0 fully saturated rings. The van der Waals surface area contributed by atoms with Crippen molar-refractivity contribution in [3.8, 4) is 5.75 Å². The summed E-state index contributed by atoms with van der Waals surface area (Å²) in [6.07, 6.45) is 9.30. The van der Waals surface area contributed by atoms with Crippen molar-refractivity contribution >= 4 is 11.5 Å². The Kier molecular flexibility index (Phi) is 5.50.